The van der Waals surface area contributed by atoms with E-state index in [9.17, 15) is 5.11 Å². The zero-order chi connectivity index (χ0) is 8.20. The van der Waals surface area contributed by atoms with Gasteiger partial charge in [-0.3, -0.25) is 0 Å². The molecular weight excluding hydrogens is 144 g/mol. The van der Waals surface area contributed by atoms with Crippen molar-refractivity contribution >= 4 is 11.8 Å². The van der Waals surface area contributed by atoms with E-state index >= 15 is 0 Å². The van der Waals surface area contributed by atoms with E-state index in [1.807, 2.05) is 0 Å². The summed E-state index contributed by atoms with van der Waals surface area (Å²) in [7, 11) is 0. The Morgan fingerprint density at radius 1 is 1.40 bits per heavy atom. The Labute approximate surface area is 68.2 Å². The maximum absolute atomic E-state index is 9.50. The van der Waals surface area contributed by atoms with Gasteiger partial charge in [0.05, 0.1) is 6.10 Å². The van der Waals surface area contributed by atoms with Crippen molar-refractivity contribution in [3.63, 3.8) is 0 Å². The van der Waals surface area contributed by atoms with Gasteiger partial charge in [0.2, 0.25) is 0 Å². The lowest BCUT2D eigenvalue weighted by atomic mass is 9.88. The first-order valence-electron chi connectivity index (χ1n) is 3.65. The number of aliphatic hydroxyl groups excluding tert-OH is 1. The summed E-state index contributed by atoms with van der Waals surface area (Å²) in [5.74, 6) is 1.05. The largest absolute Gasteiger partial charge is 0.393 e. The molecule has 1 atom stereocenters. The molecule has 0 amide bonds. The van der Waals surface area contributed by atoms with Crippen LogP contribution < -0.4 is 0 Å². The van der Waals surface area contributed by atoms with Gasteiger partial charge in [0.15, 0.2) is 0 Å². The number of hydrogen-bond acceptors (Lipinski definition) is 2. The fraction of sp³-hybridized carbons (Fsp3) is 1.00. The van der Waals surface area contributed by atoms with Crippen LogP contribution in [0.5, 0.6) is 0 Å². The number of aliphatic hydroxyl groups is 1. The molecular formula is C8H18OS. The molecule has 1 nitrogen and oxygen atoms in total. The van der Waals surface area contributed by atoms with E-state index < -0.39 is 0 Å². The first-order chi connectivity index (χ1) is 4.48. The van der Waals surface area contributed by atoms with Gasteiger partial charge in [-0.2, -0.15) is 11.8 Å². The van der Waals surface area contributed by atoms with Gasteiger partial charge in [-0.1, -0.05) is 20.8 Å². The van der Waals surface area contributed by atoms with Crippen LogP contribution >= 0.6 is 11.8 Å². The van der Waals surface area contributed by atoms with Gasteiger partial charge in [-0.15, -0.1) is 0 Å². The fourth-order valence-electron chi connectivity index (χ4n) is 0.662. The minimum absolute atomic E-state index is 0.0513. The Kier molecular flexibility index (Phi) is 4.37. The van der Waals surface area contributed by atoms with E-state index in [-0.39, 0.29) is 11.5 Å². The van der Waals surface area contributed by atoms with E-state index in [0.29, 0.717) is 0 Å². The summed E-state index contributed by atoms with van der Waals surface area (Å²) < 4.78 is 0. The number of rotatable bonds is 3. The van der Waals surface area contributed by atoms with Crippen LogP contribution in [0.15, 0.2) is 0 Å². The lowest BCUT2D eigenvalue weighted by Crippen LogP contribution is -2.26. The first-order valence-corrected chi connectivity index (χ1v) is 5.05. The molecule has 1 N–H and O–H groups in total. The summed E-state index contributed by atoms with van der Waals surface area (Å²) in [6.45, 7) is 6.20. The van der Waals surface area contributed by atoms with Crippen LogP contribution in [0, 0.1) is 5.41 Å². The van der Waals surface area contributed by atoms with Crippen molar-refractivity contribution in [1.82, 2.24) is 0 Å². The zero-order valence-electron chi connectivity index (χ0n) is 7.35. The second-order valence-corrected chi connectivity index (χ2v) is 4.65. The Balaban J connectivity index is 3.52. The summed E-state index contributed by atoms with van der Waals surface area (Å²) in [6, 6.07) is 0. The maximum atomic E-state index is 9.50. The minimum Gasteiger partial charge on any atom is -0.393 e. The quantitative estimate of drug-likeness (QED) is 0.686. The Morgan fingerprint density at radius 3 is 2.20 bits per heavy atom. The van der Waals surface area contributed by atoms with Crippen LogP contribution in [0.2, 0.25) is 0 Å². The average Bonchev–Trinajstić information content (AvgIpc) is 1.80. The fourth-order valence-corrected chi connectivity index (χ4v) is 1.12. The van der Waals surface area contributed by atoms with Crippen molar-refractivity contribution in [2.24, 2.45) is 5.41 Å². The Morgan fingerprint density at radius 2 is 1.90 bits per heavy atom. The number of thioether (sulfide) groups is 1. The highest BCUT2D eigenvalue weighted by Crippen LogP contribution is 2.22. The van der Waals surface area contributed by atoms with Crippen LogP contribution in [0.25, 0.3) is 0 Å². The molecule has 0 saturated heterocycles. The van der Waals surface area contributed by atoms with E-state index in [0.717, 1.165) is 12.2 Å². The molecule has 0 rings (SSSR count). The van der Waals surface area contributed by atoms with E-state index in [4.69, 9.17) is 0 Å². The molecule has 0 saturated carbocycles. The van der Waals surface area contributed by atoms with Crippen LogP contribution in [0.3, 0.4) is 0 Å². The summed E-state index contributed by atoms with van der Waals surface area (Å²) in [5, 5.41) is 9.50. The highest BCUT2D eigenvalue weighted by Gasteiger charge is 2.20. The molecule has 62 valence electrons. The van der Waals surface area contributed by atoms with Crippen molar-refractivity contribution in [2.45, 2.75) is 33.3 Å². The predicted molar refractivity (Wildman–Crippen MR) is 48.5 cm³/mol. The molecule has 0 bridgehead atoms. The second-order valence-electron chi connectivity index (χ2n) is 3.66. The molecule has 0 aromatic rings. The summed E-state index contributed by atoms with van der Waals surface area (Å²) >= 11 is 1.79. The zero-order valence-corrected chi connectivity index (χ0v) is 8.16. The Hall–Kier alpha value is 0.310. The topological polar surface area (TPSA) is 20.2 Å². The minimum atomic E-state index is -0.153. The number of hydrogen-bond donors (Lipinski definition) is 1. The van der Waals surface area contributed by atoms with Gasteiger partial charge in [0.1, 0.15) is 0 Å². The van der Waals surface area contributed by atoms with Crippen molar-refractivity contribution in [2.75, 3.05) is 12.0 Å². The monoisotopic (exact) mass is 162 g/mol. The molecule has 0 aliphatic rings. The van der Waals surface area contributed by atoms with Crippen LogP contribution in [-0.4, -0.2) is 23.2 Å². The third-order valence-electron chi connectivity index (χ3n) is 1.60. The van der Waals surface area contributed by atoms with E-state index in [1.165, 1.54) is 0 Å². The molecule has 1 unspecified atom stereocenters. The molecule has 0 aromatic heterocycles. The molecule has 0 aliphatic heterocycles. The van der Waals surface area contributed by atoms with Crippen LogP contribution in [0.1, 0.15) is 27.2 Å². The summed E-state index contributed by atoms with van der Waals surface area (Å²) in [6.07, 6.45) is 2.82. The van der Waals surface area contributed by atoms with Gasteiger partial charge < -0.3 is 5.11 Å². The Bertz CT molecular complexity index is 85.7. The normalized spacial score (nSPS) is 15.3. The first kappa shape index (κ1) is 10.3. The lowest BCUT2D eigenvalue weighted by Gasteiger charge is -2.25. The average molecular weight is 162 g/mol. The van der Waals surface area contributed by atoms with Crippen molar-refractivity contribution < 1.29 is 5.11 Å². The van der Waals surface area contributed by atoms with Gasteiger partial charge in [-0.05, 0) is 23.8 Å². The van der Waals surface area contributed by atoms with Crippen molar-refractivity contribution in [3.8, 4) is 0 Å². The molecule has 0 spiro atoms. The van der Waals surface area contributed by atoms with Crippen LogP contribution in [0.4, 0.5) is 0 Å². The summed E-state index contributed by atoms with van der Waals surface area (Å²) in [5.41, 5.74) is 0.0513. The van der Waals surface area contributed by atoms with Crippen LogP contribution in [-0.2, 0) is 0 Å². The smallest absolute Gasteiger partial charge is 0.0596 e. The van der Waals surface area contributed by atoms with Gasteiger partial charge in [0.25, 0.3) is 0 Å². The summed E-state index contributed by atoms with van der Waals surface area (Å²) in [4.78, 5) is 0. The second kappa shape index (κ2) is 4.24. The predicted octanol–water partition coefficient (Wildman–Crippen LogP) is 2.15. The molecule has 0 heterocycles. The molecule has 0 aromatic carbocycles. The SMILES string of the molecule is CSCCC(O)C(C)(C)C. The van der Waals surface area contributed by atoms with Gasteiger partial charge in [-0.25, -0.2) is 0 Å². The molecule has 10 heavy (non-hydrogen) atoms. The standard InChI is InChI=1S/C8H18OS/c1-8(2,3)7(9)5-6-10-4/h7,9H,5-6H2,1-4H3. The van der Waals surface area contributed by atoms with Crippen molar-refractivity contribution in [3.05, 3.63) is 0 Å². The lowest BCUT2D eigenvalue weighted by molar-refractivity contribution is 0.0611. The third-order valence-corrected chi connectivity index (χ3v) is 2.24. The van der Waals surface area contributed by atoms with E-state index in [2.05, 4.69) is 27.0 Å². The maximum Gasteiger partial charge on any atom is 0.0596 e. The molecule has 0 fully saturated rings. The third kappa shape index (κ3) is 4.18. The van der Waals surface area contributed by atoms with Gasteiger partial charge in [0, 0.05) is 0 Å². The highest BCUT2D eigenvalue weighted by molar-refractivity contribution is 7.98. The van der Waals surface area contributed by atoms with E-state index in [1.54, 1.807) is 11.8 Å². The molecule has 0 aliphatic carbocycles. The highest BCUT2D eigenvalue weighted by atomic mass is 32.2. The molecule has 2 heteroatoms. The van der Waals surface area contributed by atoms with Crippen molar-refractivity contribution in [1.29, 1.82) is 0 Å². The van der Waals surface area contributed by atoms with Gasteiger partial charge >= 0.3 is 0 Å². The molecule has 0 radical (unpaired) electrons.